The zero-order valence-electron chi connectivity index (χ0n) is 19.7. The monoisotopic (exact) mass is 458 g/mol. The number of aromatic amines is 1. The van der Waals surface area contributed by atoms with Crippen molar-refractivity contribution in [2.75, 3.05) is 6.61 Å². The Labute approximate surface area is 199 Å². The first-order valence-corrected chi connectivity index (χ1v) is 13.1. The molecule has 2 saturated carbocycles. The number of aromatic carboxylic acids is 1. The van der Waals surface area contributed by atoms with Crippen LogP contribution in [0, 0.1) is 5.92 Å². The van der Waals surface area contributed by atoms with Crippen LogP contribution in [0.1, 0.15) is 97.7 Å². The number of benzene rings is 1. The normalized spacial score (nSPS) is 22.6. The summed E-state index contributed by atoms with van der Waals surface area (Å²) in [6.07, 6.45) is 15.2. The average Bonchev–Trinajstić information content (AvgIpc) is 3.42. The largest absolute Gasteiger partial charge is 0.478 e. The van der Waals surface area contributed by atoms with E-state index in [4.69, 9.17) is 0 Å². The van der Waals surface area contributed by atoms with Crippen molar-refractivity contribution in [1.29, 1.82) is 0 Å². The highest BCUT2D eigenvalue weighted by molar-refractivity contribution is 5.91. The third-order valence-electron chi connectivity index (χ3n) is 8.62. The Morgan fingerprint density at radius 3 is 2.76 bits per heavy atom. The van der Waals surface area contributed by atoms with Crippen molar-refractivity contribution in [3.63, 3.8) is 0 Å². The van der Waals surface area contributed by atoms with Crippen LogP contribution < -0.4 is 10.6 Å². The van der Waals surface area contributed by atoms with Gasteiger partial charge in [-0.1, -0.05) is 37.5 Å². The Morgan fingerprint density at radius 2 is 1.97 bits per heavy atom. The van der Waals surface area contributed by atoms with Gasteiger partial charge in [0.2, 0.25) is 0 Å². The van der Waals surface area contributed by atoms with Crippen LogP contribution in [-0.2, 0) is 0 Å². The maximum absolute atomic E-state index is 12.2. The van der Waals surface area contributed by atoms with Crippen molar-refractivity contribution < 1.29 is 15.0 Å². The number of carboxylic acid groups (broad SMARTS) is 1. The van der Waals surface area contributed by atoms with Crippen LogP contribution >= 0.6 is 0 Å². The Bertz CT molecular complexity index is 1360. The number of aromatic nitrogens is 2. The molecule has 5 heteroatoms. The highest BCUT2D eigenvalue weighted by Gasteiger charge is 2.35. The van der Waals surface area contributed by atoms with Crippen LogP contribution in [0.3, 0.4) is 0 Å². The van der Waals surface area contributed by atoms with Gasteiger partial charge in [-0.2, -0.15) is 0 Å². The SMILES string of the molecule is O=C(O)c1c[nH]c2c1=Cn1c(cc3cccc(C4CCCCC4)c31)[C@H]1C=2CCCC1CCCO. The van der Waals surface area contributed by atoms with Crippen molar-refractivity contribution in [1.82, 2.24) is 9.55 Å². The van der Waals surface area contributed by atoms with Crippen LogP contribution in [0.4, 0.5) is 0 Å². The van der Waals surface area contributed by atoms with E-state index in [0.717, 1.165) is 42.7 Å². The first kappa shape index (κ1) is 21.7. The fourth-order valence-corrected chi connectivity index (χ4v) is 7.12. The lowest BCUT2D eigenvalue weighted by atomic mass is 9.72. The number of fused-ring (bicyclic) bond motifs is 6. The van der Waals surface area contributed by atoms with Gasteiger partial charge in [0.15, 0.2) is 0 Å². The second kappa shape index (κ2) is 8.77. The molecule has 2 aliphatic carbocycles. The number of hydrogen-bond donors (Lipinski definition) is 3. The van der Waals surface area contributed by atoms with Gasteiger partial charge in [0.1, 0.15) is 0 Å². The molecule has 178 valence electrons. The minimum absolute atomic E-state index is 0.219. The molecule has 0 spiro atoms. The number of aliphatic hydroxyl groups is 1. The predicted molar refractivity (Wildman–Crippen MR) is 134 cm³/mol. The van der Waals surface area contributed by atoms with E-state index in [2.05, 4.69) is 40.0 Å². The molecule has 2 fully saturated rings. The lowest BCUT2D eigenvalue weighted by Crippen LogP contribution is -2.32. The second-order valence-corrected chi connectivity index (χ2v) is 10.5. The summed E-state index contributed by atoms with van der Waals surface area (Å²) < 4.78 is 2.35. The molecular formula is C29H34N2O3. The zero-order valence-corrected chi connectivity index (χ0v) is 19.7. The summed E-state index contributed by atoms with van der Waals surface area (Å²) >= 11 is 0. The summed E-state index contributed by atoms with van der Waals surface area (Å²) in [6.45, 7) is 0.219. The van der Waals surface area contributed by atoms with Crippen molar-refractivity contribution in [3.05, 3.63) is 57.9 Å². The summed E-state index contributed by atoms with van der Waals surface area (Å²) in [5.74, 6) is 0.376. The molecule has 1 aromatic carbocycles. The molecule has 0 bridgehead atoms. The van der Waals surface area contributed by atoms with E-state index in [1.165, 1.54) is 59.8 Å². The summed E-state index contributed by atoms with van der Waals surface area (Å²) in [5, 5.41) is 22.6. The molecule has 2 atom stereocenters. The lowest BCUT2D eigenvalue weighted by molar-refractivity contribution is 0.0696. The molecular weight excluding hydrogens is 424 g/mol. The molecule has 3 aromatic rings. The molecule has 1 aliphatic heterocycles. The van der Waals surface area contributed by atoms with E-state index in [1.54, 1.807) is 6.20 Å². The molecule has 3 N–H and O–H groups in total. The van der Waals surface area contributed by atoms with Crippen molar-refractivity contribution in [2.45, 2.75) is 76.0 Å². The molecule has 5 nitrogen and oxygen atoms in total. The molecule has 6 rings (SSSR count). The first-order chi connectivity index (χ1) is 16.7. The predicted octanol–water partition coefficient (Wildman–Crippen LogP) is 4.82. The minimum Gasteiger partial charge on any atom is -0.478 e. The van der Waals surface area contributed by atoms with Crippen LogP contribution in [0.2, 0.25) is 0 Å². The number of nitrogens with zero attached hydrogens (tertiary/aromatic N) is 1. The van der Waals surface area contributed by atoms with Gasteiger partial charge in [0, 0.05) is 46.6 Å². The van der Waals surface area contributed by atoms with E-state index in [9.17, 15) is 15.0 Å². The number of hydrogen-bond acceptors (Lipinski definition) is 2. The zero-order chi connectivity index (χ0) is 23.2. The topological polar surface area (TPSA) is 78.2 Å². The molecule has 1 unspecified atom stereocenters. The maximum Gasteiger partial charge on any atom is 0.337 e. The number of rotatable bonds is 5. The fourth-order valence-electron chi connectivity index (χ4n) is 7.12. The van der Waals surface area contributed by atoms with Gasteiger partial charge in [0.05, 0.1) is 11.1 Å². The number of para-hydroxylation sites is 1. The third-order valence-corrected chi connectivity index (χ3v) is 8.62. The van der Waals surface area contributed by atoms with E-state index in [1.807, 2.05) is 0 Å². The van der Waals surface area contributed by atoms with E-state index < -0.39 is 5.97 Å². The number of H-pyrrole nitrogens is 1. The highest BCUT2D eigenvalue weighted by atomic mass is 16.4. The van der Waals surface area contributed by atoms with Crippen molar-refractivity contribution in [3.8, 4) is 0 Å². The Hall–Kier alpha value is -2.79. The van der Waals surface area contributed by atoms with Crippen LogP contribution in [0.15, 0.2) is 30.5 Å². The molecule has 0 saturated heterocycles. The maximum atomic E-state index is 12.2. The molecule has 3 aliphatic rings. The van der Waals surface area contributed by atoms with Crippen LogP contribution in [0.5, 0.6) is 0 Å². The van der Waals surface area contributed by atoms with Gasteiger partial charge < -0.3 is 19.8 Å². The summed E-state index contributed by atoms with van der Waals surface area (Å²) in [6, 6.07) is 9.09. The molecule has 2 aromatic heterocycles. The van der Waals surface area contributed by atoms with Crippen LogP contribution in [0.25, 0.3) is 22.7 Å². The Kier molecular flexibility index (Phi) is 5.60. The lowest BCUT2D eigenvalue weighted by Gasteiger charge is -2.34. The van der Waals surface area contributed by atoms with Gasteiger partial charge in [-0.05, 0) is 74.0 Å². The van der Waals surface area contributed by atoms with Crippen molar-refractivity contribution in [2.24, 2.45) is 5.92 Å². The minimum atomic E-state index is -0.883. The number of nitrogens with one attached hydrogen (secondary N) is 1. The molecule has 0 radical (unpaired) electrons. The van der Waals surface area contributed by atoms with Gasteiger partial charge in [-0.15, -0.1) is 0 Å². The van der Waals surface area contributed by atoms with E-state index in [-0.39, 0.29) is 12.5 Å². The number of carbonyl (C=O) groups is 1. The first-order valence-electron chi connectivity index (χ1n) is 13.1. The van der Waals surface area contributed by atoms with E-state index in [0.29, 0.717) is 17.4 Å². The van der Waals surface area contributed by atoms with Crippen LogP contribution in [-0.4, -0.2) is 32.3 Å². The quantitative estimate of drug-likeness (QED) is 0.513. The smallest absolute Gasteiger partial charge is 0.337 e. The standard InChI is InChI=1S/C29H34N2O3/c32-14-6-11-19-9-4-13-22-26(19)25-15-20-10-5-12-21(18-7-2-1-3-8-18)28(20)31(25)17-24-23(29(33)34)16-30-27(22)24/h5,10,12,15-19,26,30,32H,1-4,6-9,11,13-14H2,(H,33,34)/t19?,26-/m1/s1. The average molecular weight is 459 g/mol. The fraction of sp³-hybridized carbons (Fsp3) is 0.483. The molecule has 34 heavy (non-hydrogen) atoms. The molecule has 0 amide bonds. The van der Waals surface area contributed by atoms with E-state index >= 15 is 0 Å². The number of aliphatic hydroxyl groups excluding tert-OH is 1. The summed E-state index contributed by atoms with van der Waals surface area (Å²) in [5.41, 5.74) is 5.66. The van der Waals surface area contributed by atoms with Crippen molar-refractivity contribution >= 4 is 28.6 Å². The van der Waals surface area contributed by atoms with Gasteiger partial charge >= 0.3 is 5.97 Å². The highest BCUT2D eigenvalue weighted by Crippen LogP contribution is 2.47. The third kappa shape index (κ3) is 3.44. The summed E-state index contributed by atoms with van der Waals surface area (Å²) in [4.78, 5) is 15.5. The molecule has 3 heterocycles. The number of carboxylic acids is 1. The summed E-state index contributed by atoms with van der Waals surface area (Å²) in [7, 11) is 0. The Morgan fingerprint density at radius 1 is 1.12 bits per heavy atom. The Balaban J connectivity index is 1.65. The van der Waals surface area contributed by atoms with Gasteiger partial charge in [-0.3, -0.25) is 0 Å². The second-order valence-electron chi connectivity index (χ2n) is 10.5. The van der Waals surface area contributed by atoms with Gasteiger partial charge in [-0.25, -0.2) is 4.79 Å². The van der Waals surface area contributed by atoms with Gasteiger partial charge in [0.25, 0.3) is 0 Å².